The number of hydrogen-bond donors (Lipinski definition) is 0. The van der Waals surface area contributed by atoms with E-state index >= 15 is 0 Å². The first kappa shape index (κ1) is 25.2. The zero-order chi connectivity index (χ0) is 28.6. The van der Waals surface area contributed by atoms with Crippen molar-refractivity contribution in [1.82, 2.24) is 9.13 Å². The van der Waals surface area contributed by atoms with Crippen LogP contribution in [0.2, 0.25) is 0 Å². The van der Waals surface area contributed by atoms with Gasteiger partial charge in [0.05, 0.1) is 5.69 Å². The summed E-state index contributed by atoms with van der Waals surface area (Å²) in [6.07, 6.45) is 9.53. The number of hydrogen-bond acceptors (Lipinski definition) is 3. The van der Waals surface area contributed by atoms with Crippen LogP contribution in [0.25, 0.3) is 40.4 Å². The molecule has 1 aromatic heterocycles. The molecule has 5 nitrogen and oxygen atoms in total. The van der Waals surface area contributed by atoms with Gasteiger partial charge in [0, 0.05) is 22.5 Å². The standard InChI is InChI=1S/C37H25N2O3/c40-28-23-21-25(22-24-28)33(34-29-17-9-3-11-19-31(29)38(36(34)41)26-13-5-1-6-14-26)35-30-18-10-4-12-20-32(30)39(37(35)42)27-15-7-2-8-16-27/h1-24,40H/q-1/p-1. The van der Waals surface area contributed by atoms with Gasteiger partial charge in [-0.25, -0.2) is 0 Å². The minimum atomic E-state index is -0.246. The Morgan fingerprint density at radius 1 is 0.619 bits per heavy atom. The van der Waals surface area contributed by atoms with Crippen LogP contribution in [0.3, 0.4) is 0 Å². The monoisotopic (exact) mass is 544 g/mol. The van der Waals surface area contributed by atoms with Crippen LogP contribution in [-0.4, -0.2) is 9.13 Å². The molecule has 3 aromatic carbocycles. The smallest absolute Gasteiger partial charge is 0.256 e. The molecule has 2 aliphatic carbocycles. The summed E-state index contributed by atoms with van der Waals surface area (Å²) in [7, 11) is 0. The summed E-state index contributed by atoms with van der Waals surface area (Å²) >= 11 is 0. The Morgan fingerprint density at radius 2 is 1.24 bits per heavy atom. The van der Waals surface area contributed by atoms with Gasteiger partial charge in [-0.2, -0.15) is 0 Å². The quantitative estimate of drug-likeness (QED) is 0.307. The lowest BCUT2D eigenvalue weighted by molar-refractivity contribution is -0.268. The van der Waals surface area contributed by atoms with Gasteiger partial charge in [-0.05, 0) is 40.9 Å². The summed E-state index contributed by atoms with van der Waals surface area (Å²) in [6.45, 7) is 0. The Kier molecular flexibility index (Phi) is 6.18. The van der Waals surface area contributed by atoms with Gasteiger partial charge in [0.15, 0.2) is 5.56 Å². The maximum absolute atomic E-state index is 14.6. The largest absolute Gasteiger partial charge is 0.872 e. The second kappa shape index (κ2) is 10.3. The fourth-order valence-electron chi connectivity index (χ4n) is 5.75. The number of fused-ring (bicyclic) bond motifs is 2. The topological polar surface area (TPSA) is 67.1 Å². The highest BCUT2D eigenvalue weighted by Crippen LogP contribution is 2.33. The lowest BCUT2D eigenvalue weighted by atomic mass is 9.93. The van der Waals surface area contributed by atoms with E-state index in [1.165, 1.54) is 12.1 Å². The number of allylic oxidation sites excluding steroid dienone is 3. The number of rotatable bonds is 4. The van der Waals surface area contributed by atoms with Gasteiger partial charge < -0.3 is 14.5 Å². The van der Waals surface area contributed by atoms with E-state index in [9.17, 15) is 14.7 Å². The molecule has 0 atom stereocenters. The zero-order valence-corrected chi connectivity index (χ0v) is 22.5. The maximum Gasteiger partial charge on any atom is 0.256 e. The van der Waals surface area contributed by atoms with Crippen LogP contribution in [0.5, 0.6) is 5.75 Å². The van der Waals surface area contributed by atoms with Gasteiger partial charge in [0.2, 0.25) is 0 Å². The summed E-state index contributed by atoms with van der Waals surface area (Å²) in [5, 5.41) is 13.3. The molecule has 1 aliphatic heterocycles. The molecule has 0 saturated heterocycles. The molecule has 0 saturated carbocycles. The number of aromatic nitrogens is 2. The lowest BCUT2D eigenvalue weighted by Crippen LogP contribution is -2.33. The summed E-state index contributed by atoms with van der Waals surface area (Å²) in [5.41, 5.74) is 4.58. The van der Waals surface area contributed by atoms with Crippen molar-refractivity contribution < 1.29 is 5.11 Å². The predicted octanol–water partition coefficient (Wildman–Crippen LogP) is 4.50. The van der Waals surface area contributed by atoms with Crippen LogP contribution < -0.4 is 26.8 Å². The average molecular weight is 545 g/mol. The average Bonchev–Trinajstić information content (AvgIpc) is 3.20. The molecule has 202 valence electrons. The summed E-state index contributed by atoms with van der Waals surface area (Å²) in [6, 6.07) is 34.8. The van der Waals surface area contributed by atoms with E-state index in [0.29, 0.717) is 44.1 Å². The molecule has 0 spiro atoms. The van der Waals surface area contributed by atoms with Gasteiger partial charge in [-0.15, -0.1) is 30.1 Å². The van der Waals surface area contributed by atoms with Gasteiger partial charge in [0.1, 0.15) is 0 Å². The first-order valence-electron chi connectivity index (χ1n) is 13.7. The van der Waals surface area contributed by atoms with E-state index in [1.54, 1.807) is 21.3 Å². The minimum Gasteiger partial charge on any atom is -0.872 e. The van der Waals surface area contributed by atoms with Crippen molar-refractivity contribution in [3.05, 3.63) is 181 Å². The van der Waals surface area contributed by atoms with Gasteiger partial charge in [-0.3, -0.25) is 9.36 Å². The van der Waals surface area contributed by atoms with Crippen LogP contribution in [-0.2, 0) is 0 Å². The molecule has 5 heteroatoms. The zero-order valence-electron chi connectivity index (χ0n) is 22.5. The molecule has 4 aromatic rings. The van der Waals surface area contributed by atoms with Crippen LogP contribution in [0.15, 0.2) is 143 Å². The van der Waals surface area contributed by atoms with E-state index in [2.05, 4.69) is 0 Å². The fraction of sp³-hybridized carbons (Fsp3) is 0. The molecule has 7 rings (SSSR count). The van der Waals surface area contributed by atoms with Crippen LogP contribution in [0.4, 0.5) is 0 Å². The van der Waals surface area contributed by atoms with Crippen molar-refractivity contribution in [1.29, 1.82) is 0 Å². The molecule has 0 bridgehead atoms. The highest BCUT2D eigenvalue weighted by atomic mass is 16.3. The van der Waals surface area contributed by atoms with Gasteiger partial charge in [0.25, 0.3) is 5.56 Å². The Labute approximate surface area is 241 Å². The third-order valence-corrected chi connectivity index (χ3v) is 7.56. The molecule has 3 aliphatic rings. The second-order valence-electron chi connectivity index (χ2n) is 10.0. The van der Waals surface area contributed by atoms with Crippen LogP contribution in [0, 0.1) is 0 Å². The lowest BCUT2D eigenvalue weighted by Gasteiger charge is -2.14. The van der Waals surface area contributed by atoms with E-state index in [4.69, 9.17) is 0 Å². The van der Waals surface area contributed by atoms with E-state index in [-0.39, 0.29) is 16.9 Å². The van der Waals surface area contributed by atoms with Gasteiger partial charge in [-0.1, -0.05) is 108 Å². The number of para-hydroxylation sites is 2. The fourth-order valence-corrected chi connectivity index (χ4v) is 5.75. The molecule has 42 heavy (non-hydrogen) atoms. The number of benzene rings is 3. The molecule has 2 heterocycles. The van der Waals surface area contributed by atoms with Gasteiger partial charge >= 0.3 is 0 Å². The molecule has 0 N–H and O–H groups in total. The van der Waals surface area contributed by atoms with Crippen molar-refractivity contribution in [3.8, 4) is 28.4 Å². The first-order valence-corrected chi connectivity index (χ1v) is 13.7. The molecule has 0 amide bonds. The minimum absolute atomic E-state index is 0.154. The molecule has 0 radical (unpaired) electrons. The van der Waals surface area contributed by atoms with Crippen molar-refractivity contribution in [2.24, 2.45) is 0 Å². The molecular formula is C37H24N2O3-2. The SMILES string of the molecule is O=c1c(C(c2ccc([O-])cc2)=c2c(=O)n(-c3ccccc3)c3[c-]2C=CC=CC=3)c2cccccc-2n1-c1ccccc1. The summed E-state index contributed by atoms with van der Waals surface area (Å²) in [5.74, 6) is -0.154. The third-order valence-electron chi connectivity index (χ3n) is 7.56. The predicted molar refractivity (Wildman–Crippen MR) is 166 cm³/mol. The van der Waals surface area contributed by atoms with E-state index < -0.39 is 0 Å². The van der Waals surface area contributed by atoms with Crippen LogP contribution in [0.1, 0.15) is 16.7 Å². The third kappa shape index (κ3) is 4.07. The van der Waals surface area contributed by atoms with E-state index in [0.717, 1.165) is 11.4 Å². The van der Waals surface area contributed by atoms with Crippen molar-refractivity contribution in [2.45, 2.75) is 0 Å². The Morgan fingerprint density at radius 3 is 1.93 bits per heavy atom. The highest BCUT2D eigenvalue weighted by Gasteiger charge is 2.24. The van der Waals surface area contributed by atoms with Crippen LogP contribution >= 0.6 is 0 Å². The van der Waals surface area contributed by atoms with Crippen molar-refractivity contribution in [3.63, 3.8) is 0 Å². The maximum atomic E-state index is 14.6. The first-order chi connectivity index (χ1) is 20.6. The Hall–Kier alpha value is -5.81. The Balaban J connectivity index is 1.73. The summed E-state index contributed by atoms with van der Waals surface area (Å²) < 4.78 is 3.38. The normalized spacial score (nSPS) is 13.0. The molecular weight excluding hydrogens is 520 g/mol. The molecule has 0 fully saturated rings. The van der Waals surface area contributed by atoms with Crippen molar-refractivity contribution in [2.75, 3.05) is 0 Å². The highest BCUT2D eigenvalue weighted by molar-refractivity contribution is 5.90. The number of nitrogens with zero attached hydrogens (tertiary/aromatic N) is 2. The molecule has 0 unspecified atom stereocenters. The summed E-state index contributed by atoms with van der Waals surface area (Å²) in [4.78, 5) is 29.2. The Bertz CT molecular complexity index is 2210. The second-order valence-corrected chi connectivity index (χ2v) is 10.0. The van der Waals surface area contributed by atoms with Crippen molar-refractivity contribution >= 4 is 17.7 Å². The van der Waals surface area contributed by atoms with E-state index in [1.807, 2.05) is 121 Å².